The summed E-state index contributed by atoms with van der Waals surface area (Å²) in [4.78, 5) is 38.7. The highest BCUT2D eigenvalue weighted by atomic mass is 127. The van der Waals surface area contributed by atoms with Crippen molar-refractivity contribution < 1.29 is 28.6 Å². The number of hydrogen-bond donors (Lipinski definition) is 1. The molecular formula is C24H23IN2O6S. The number of aryl methyl sites for hydroxylation is 1. The van der Waals surface area contributed by atoms with Crippen molar-refractivity contribution in [3.63, 3.8) is 0 Å². The van der Waals surface area contributed by atoms with Gasteiger partial charge in [-0.1, -0.05) is 19.1 Å². The molecule has 10 heteroatoms. The number of nitrogens with zero attached hydrogens (tertiary/aromatic N) is 1. The van der Waals surface area contributed by atoms with E-state index in [1.165, 1.54) is 18.1 Å². The van der Waals surface area contributed by atoms with Crippen molar-refractivity contribution in [3.8, 4) is 11.5 Å². The molecule has 0 radical (unpaired) electrons. The van der Waals surface area contributed by atoms with Gasteiger partial charge in [-0.25, -0.2) is 4.79 Å². The van der Waals surface area contributed by atoms with E-state index in [0.717, 1.165) is 12.0 Å². The van der Waals surface area contributed by atoms with E-state index in [9.17, 15) is 14.4 Å². The fourth-order valence-corrected chi connectivity index (χ4v) is 4.27. The molecule has 1 fully saturated rings. The summed E-state index contributed by atoms with van der Waals surface area (Å²) in [6.07, 6.45) is 2.34. The standard InChI is InChI=1S/C24H23IN2O6S/c1-4-14-6-8-16(9-7-14)27-23(30)17(22(29)26-24(27)34)10-15-11-18(25)21(19(12-15)32-5-2)33-13-20(28)31-3/h6-12H,4-5,13H2,1-3H3,(H,26,29,34)/b17-10+. The maximum Gasteiger partial charge on any atom is 0.343 e. The Morgan fingerprint density at radius 3 is 2.47 bits per heavy atom. The zero-order valence-electron chi connectivity index (χ0n) is 18.8. The van der Waals surface area contributed by atoms with E-state index < -0.39 is 17.8 Å². The number of thiocarbonyl (C=S) groups is 1. The molecule has 1 N–H and O–H groups in total. The maximum absolute atomic E-state index is 13.3. The van der Waals surface area contributed by atoms with Gasteiger partial charge in [0.25, 0.3) is 11.8 Å². The van der Waals surface area contributed by atoms with Crippen LogP contribution < -0.4 is 19.7 Å². The summed E-state index contributed by atoms with van der Waals surface area (Å²) in [5.41, 5.74) is 2.15. The number of ether oxygens (including phenoxy) is 3. The summed E-state index contributed by atoms with van der Waals surface area (Å²) in [6.45, 7) is 3.91. The van der Waals surface area contributed by atoms with Crippen LogP contribution in [0.5, 0.6) is 11.5 Å². The van der Waals surface area contributed by atoms with Gasteiger partial charge in [-0.3, -0.25) is 19.8 Å². The number of carbonyl (C=O) groups excluding carboxylic acids is 3. The second-order valence-electron chi connectivity index (χ2n) is 7.11. The van der Waals surface area contributed by atoms with Crippen LogP contribution in [0, 0.1) is 3.57 Å². The van der Waals surface area contributed by atoms with Crippen LogP contribution in [0.2, 0.25) is 0 Å². The van der Waals surface area contributed by atoms with E-state index in [-0.39, 0.29) is 17.3 Å². The fraction of sp³-hybridized carbons (Fsp3) is 0.250. The van der Waals surface area contributed by atoms with Gasteiger partial charge in [0.15, 0.2) is 23.2 Å². The molecule has 0 unspecified atom stereocenters. The number of benzene rings is 2. The molecule has 0 bridgehead atoms. The minimum absolute atomic E-state index is 0.0209. The maximum atomic E-state index is 13.3. The molecule has 34 heavy (non-hydrogen) atoms. The van der Waals surface area contributed by atoms with E-state index in [2.05, 4.69) is 10.1 Å². The van der Waals surface area contributed by atoms with Gasteiger partial charge in [0.2, 0.25) is 0 Å². The molecule has 0 aromatic heterocycles. The summed E-state index contributed by atoms with van der Waals surface area (Å²) in [6, 6.07) is 10.8. The third-order valence-electron chi connectivity index (χ3n) is 4.91. The van der Waals surface area contributed by atoms with Gasteiger partial charge < -0.3 is 14.2 Å². The Labute approximate surface area is 216 Å². The van der Waals surface area contributed by atoms with Crippen molar-refractivity contribution >= 4 is 69.5 Å². The topological polar surface area (TPSA) is 94.2 Å². The molecule has 0 saturated carbocycles. The molecular weight excluding hydrogens is 571 g/mol. The number of amides is 2. The van der Waals surface area contributed by atoms with Crippen LogP contribution >= 0.6 is 34.8 Å². The Bertz CT molecular complexity index is 1160. The predicted octanol–water partition coefficient (Wildman–Crippen LogP) is 3.64. The molecule has 0 aliphatic carbocycles. The highest BCUT2D eigenvalue weighted by Crippen LogP contribution is 2.35. The van der Waals surface area contributed by atoms with Crippen LogP contribution in [0.25, 0.3) is 6.08 Å². The first-order valence-corrected chi connectivity index (χ1v) is 11.9. The number of methoxy groups -OCH3 is 1. The molecule has 0 spiro atoms. The van der Waals surface area contributed by atoms with Crippen LogP contribution in [0.4, 0.5) is 5.69 Å². The third-order valence-corrected chi connectivity index (χ3v) is 6.00. The van der Waals surface area contributed by atoms with Crippen LogP contribution in [0.1, 0.15) is 25.0 Å². The third kappa shape index (κ3) is 5.73. The van der Waals surface area contributed by atoms with Crippen molar-refractivity contribution in [2.45, 2.75) is 20.3 Å². The lowest BCUT2D eigenvalue weighted by Crippen LogP contribution is -2.54. The van der Waals surface area contributed by atoms with Crippen LogP contribution in [-0.2, 0) is 25.5 Å². The van der Waals surface area contributed by atoms with E-state index in [4.69, 9.17) is 21.7 Å². The normalized spacial score (nSPS) is 14.8. The van der Waals surface area contributed by atoms with Crippen molar-refractivity contribution in [2.75, 3.05) is 25.2 Å². The Morgan fingerprint density at radius 1 is 1.15 bits per heavy atom. The van der Waals surface area contributed by atoms with Gasteiger partial charge in [-0.2, -0.15) is 0 Å². The van der Waals surface area contributed by atoms with Crippen molar-refractivity contribution in [2.24, 2.45) is 0 Å². The van der Waals surface area contributed by atoms with Crippen molar-refractivity contribution in [3.05, 3.63) is 56.7 Å². The van der Waals surface area contributed by atoms with E-state index >= 15 is 0 Å². The number of halogens is 1. The van der Waals surface area contributed by atoms with Gasteiger partial charge >= 0.3 is 5.97 Å². The second kappa shape index (κ2) is 11.4. The SMILES string of the molecule is CCOc1cc(/C=C2\C(=O)NC(=S)N(c3ccc(CC)cc3)C2=O)cc(I)c1OCC(=O)OC. The first-order valence-electron chi connectivity index (χ1n) is 10.4. The molecule has 2 aromatic carbocycles. The molecule has 2 amide bonds. The largest absolute Gasteiger partial charge is 0.490 e. The van der Waals surface area contributed by atoms with Gasteiger partial charge in [-0.15, -0.1) is 0 Å². The van der Waals surface area contributed by atoms with Crippen LogP contribution in [0.3, 0.4) is 0 Å². The molecule has 178 valence electrons. The Hall–Kier alpha value is -2.99. The predicted molar refractivity (Wildman–Crippen MR) is 140 cm³/mol. The lowest BCUT2D eigenvalue weighted by atomic mass is 10.1. The van der Waals surface area contributed by atoms with E-state index in [0.29, 0.717) is 32.9 Å². The highest BCUT2D eigenvalue weighted by molar-refractivity contribution is 14.1. The first kappa shape index (κ1) is 25.6. The van der Waals surface area contributed by atoms with E-state index in [1.807, 2.05) is 48.6 Å². The van der Waals surface area contributed by atoms with Crippen LogP contribution in [0.15, 0.2) is 42.0 Å². The number of hydrogen-bond acceptors (Lipinski definition) is 7. The smallest absolute Gasteiger partial charge is 0.343 e. The van der Waals surface area contributed by atoms with Gasteiger partial charge in [0.05, 0.1) is 23.0 Å². The quantitative estimate of drug-likeness (QED) is 0.164. The molecule has 0 atom stereocenters. The van der Waals surface area contributed by atoms with Gasteiger partial charge in [0.1, 0.15) is 5.57 Å². The summed E-state index contributed by atoms with van der Waals surface area (Å²) in [5.74, 6) is -0.908. The zero-order valence-corrected chi connectivity index (χ0v) is 21.8. The fourth-order valence-electron chi connectivity index (χ4n) is 3.20. The summed E-state index contributed by atoms with van der Waals surface area (Å²) in [7, 11) is 1.27. The lowest BCUT2D eigenvalue weighted by Gasteiger charge is -2.29. The monoisotopic (exact) mass is 594 g/mol. The number of nitrogens with one attached hydrogen (secondary N) is 1. The van der Waals surface area contributed by atoms with Crippen LogP contribution in [-0.4, -0.2) is 43.2 Å². The Balaban J connectivity index is 1.97. The first-order chi connectivity index (χ1) is 16.3. The molecule has 8 nitrogen and oxygen atoms in total. The van der Waals surface area contributed by atoms with Crippen molar-refractivity contribution in [1.82, 2.24) is 5.32 Å². The summed E-state index contributed by atoms with van der Waals surface area (Å²) in [5, 5.41) is 2.60. The number of anilines is 1. The molecule has 3 rings (SSSR count). The molecule has 2 aromatic rings. The Morgan fingerprint density at radius 2 is 1.85 bits per heavy atom. The summed E-state index contributed by atoms with van der Waals surface area (Å²) < 4.78 is 16.5. The Kier molecular flexibility index (Phi) is 8.61. The number of rotatable bonds is 8. The molecule has 1 heterocycles. The second-order valence-corrected chi connectivity index (χ2v) is 8.65. The minimum Gasteiger partial charge on any atom is -0.490 e. The van der Waals surface area contributed by atoms with E-state index in [1.54, 1.807) is 24.3 Å². The zero-order chi connectivity index (χ0) is 24.8. The highest BCUT2D eigenvalue weighted by Gasteiger charge is 2.34. The van der Waals surface area contributed by atoms with Gasteiger partial charge in [0, 0.05) is 0 Å². The average molecular weight is 594 g/mol. The number of esters is 1. The number of carbonyl (C=O) groups is 3. The minimum atomic E-state index is -0.588. The van der Waals surface area contributed by atoms with Crippen molar-refractivity contribution in [1.29, 1.82) is 0 Å². The molecule has 1 saturated heterocycles. The average Bonchev–Trinajstić information content (AvgIpc) is 2.81. The van der Waals surface area contributed by atoms with Gasteiger partial charge in [-0.05, 0) is 89.6 Å². The summed E-state index contributed by atoms with van der Waals surface area (Å²) >= 11 is 7.30. The molecule has 1 aliphatic heterocycles. The molecule has 1 aliphatic rings. The lowest BCUT2D eigenvalue weighted by molar-refractivity contribution is -0.143.